The second-order valence-electron chi connectivity index (χ2n) is 9.36. The molecule has 1 aliphatic carbocycles. The van der Waals surface area contributed by atoms with E-state index in [2.05, 4.69) is 23.8 Å². The second-order valence-corrected chi connectivity index (χ2v) is 9.36. The van der Waals surface area contributed by atoms with Gasteiger partial charge in [0.25, 0.3) is 0 Å². The lowest BCUT2D eigenvalue weighted by molar-refractivity contribution is -0.142. The average Bonchev–Trinajstić information content (AvgIpc) is 3.53. The van der Waals surface area contributed by atoms with Crippen LogP contribution in [0.1, 0.15) is 69.2 Å². The molecule has 2 amide bonds. The van der Waals surface area contributed by atoms with E-state index >= 15 is 0 Å². The summed E-state index contributed by atoms with van der Waals surface area (Å²) in [5.41, 5.74) is 2.05. The van der Waals surface area contributed by atoms with Crippen molar-refractivity contribution in [2.45, 2.75) is 64.5 Å². The fourth-order valence-corrected chi connectivity index (χ4v) is 5.47. The molecule has 178 valence electrons. The topological polar surface area (TPSA) is 54.8 Å². The fraction of sp³-hybridized carbons (Fsp3) is 0.556. The lowest BCUT2D eigenvalue weighted by atomic mass is 9.98. The molecule has 1 atom stereocenters. The number of fused-ring (bicyclic) bond motifs is 1. The lowest BCUT2D eigenvalue weighted by Gasteiger charge is -2.39. The zero-order chi connectivity index (χ0) is 23.2. The monoisotopic (exact) mass is 451 g/mol. The molecule has 1 aromatic heterocycles. The lowest BCUT2D eigenvalue weighted by Crippen LogP contribution is -2.48. The number of methoxy groups -OCH3 is 1. The third-order valence-corrected chi connectivity index (χ3v) is 7.21. The number of aromatic nitrogens is 1. The van der Waals surface area contributed by atoms with Crippen LogP contribution < -0.4 is 4.74 Å². The highest BCUT2D eigenvalue weighted by Gasteiger charge is 2.34. The molecule has 0 N–H and O–H groups in total. The molecule has 6 heteroatoms. The minimum Gasteiger partial charge on any atom is -0.496 e. The summed E-state index contributed by atoms with van der Waals surface area (Å²) in [4.78, 5) is 30.4. The Kier molecular flexibility index (Phi) is 7.73. The summed E-state index contributed by atoms with van der Waals surface area (Å²) in [6.07, 6.45) is 9.48. The third kappa shape index (κ3) is 5.26. The second kappa shape index (κ2) is 10.9. The van der Waals surface area contributed by atoms with Crippen molar-refractivity contribution in [2.75, 3.05) is 26.7 Å². The first-order valence-corrected chi connectivity index (χ1v) is 12.5. The SMILES string of the molecule is CCCN(CC(=O)N1CCn2cccc2C1c1ccccc1OC)C(=O)CCC1CCCC1. The predicted molar refractivity (Wildman–Crippen MR) is 129 cm³/mol. The number of nitrogens with zero attached hydrogens (tertiary/aromatic N) is 3. The van der Waals surface area contributed by atoms with Gasteiger partial charge in [0.1, 0.15) is 11.8 Å². The Morgan fingerprint density at radius 3 is 2.64 bits per heavy atom. The smallest absolute Gasteiger partial charge is 0.243 e. The molecule has 2 aromatic rings. The number of para-hydroxylation sites is 1. The van der Waals surface area contributed by atoms with Gasteiger partial charge >= 0.3 is 0 Å². The van der Waals surface area contributed by atoms with E-state index in [0.29, 0.717) is 25.4 Å². The number of benzene rings is 1. The van der Waals surface area contributed by atoms with Gasteiger partial charge in [-0.25, -0.2) is 0 Å². The van der Waals surface area contributed by atoms with Gasteiger partial charge in [-0.2, -0.15) is 0 Å². The minimum atomic E-state index is -0.227. The number of hydrogen-bond acceptors (Lipinski definition) is 3. The van der Waals surface area contributed by atoms with E-state index in [9.17, 15) is 9.59 Å². The highest BCUT2D eigenvalue weighted by molar-refractivity contribution is 5.85. The Morgan fingerprint density at radius 1 is 1.09 bits per heavy atom. The molecule has 6 nitrogen and oxygen atoms in total. The summed E-state index contributed by atoms with van der Waals surface area (Å²) in [6, 6.07) is 11.8. The quantitative estimate of drug-likeness (QED) is 0.558. The Hall–Kier alpha value is -2.76. The molecule has 4 rings (SSSR count). The molecule has 2 aliphatic rings. The van der Waals surface area contributed by atoms with Gasteiger partial charge in [-0.3, -0.25) is 9.59 Å². The highest BCUT2D eigenvalue weighted by atomic mass is 16.5. The molecular weight excluding hydrogens is 414 g/mol. The van der Waals surface area contributed by atoms with E-state index in [1.165, 1.54) is 25.7 Å². The van der Waals surface area contributed by atoms with E-state index in [-0.39, 0.29) is 24.4 Å². The molecule has 1 fully saturated rings. The Balaban J connectivity index is 1.52. The summed E-state index contributed by atoms with van der Waals surface area (Å²) in [6.45, 7) is 4.19. The molecule has 0 spiro atoms. The van der Waals surface area contributed by atoms with Crippen LogP contribution in [0.4, 0.5) is 0 Å². The first-order valence-electron chi connectivity index (χ1n) is 12.5. The molecule has 2 heterocycles. The van der Waals surface area contributed by atoms with Crippen molar-refractivity contribution in [2.24, 2.45) is 5.92 Å². The van der Waals surface area contributed by atoms with Crippen molar-refractivity contribution >= 4 is 11.8 Å². The van der Waals surface area contributed by atoms with Crippen LogP contribution in [0, 0.1) is 5.92 Å². The highest BCUT2D eigenvalue weighted by Crippen LogP contribution is 2.37. The van der Waals surface area contributed by atoms with Gasteiger partial charge in [-0.1, -0.05) is 50.8 Å². The number of carbonyl (C=O) groups excluding carboxylic acids is 2. The molecule has 0 radical (unpaired) electrons. The summed E-state index contributed by atoms with van der Waals surface area (Å²) >= 11 is 0. The predicted octanol–water partition coefficient (Wildman–Crippen LogP) is 4.64. The zero-order valence-electron chi connectivity index (χ0n) is 20.0. The van der Waals surface area contributed by atoms with Crippen molar-refractivity contribution in [1.29, 1.82) is 0 Å². The molecule has 1 unspecified atom stereocenters. The van der Waals surface area contributed by atoms with E-state index in [0.717, 1.165) is 36.4 Å². The van der Waals surface area contributed by atoms with E-state index in [1.807, 2.05) is 35.2 Å². The maximum Gasteiger partial charge on any atom is 0.243 e. The molecule has 0 bridgehead atoms. The van der Waals surface area contributed by atoms with Gasteiger partial charge in [0.05, 0.1) is 13.7 Å². The molecule has 1 aliphatic heterocycles. The third-order valence-electron chi connectivity index (χ3n) is 7.21. The first-order chi connectivity index (χ1) is 16.1. The van der Waals surface area contributed by atoms with E-state index in [1.54, 1.807) is 12.0 Å². The van der Waals surface area contributed by atoms with Gasteiger partial charge in [0.15, 0.2) is 0 Å². The first kappa shape index (κ1) is 23.4. The number of hydrogen-bond donors (Lipinski definition) is 0. The standard InChI is InChI=1S/C27H37N3O3/c1-3-16-29(25(31)15-14-21-9-4-5-10-21)20-26(32)30-19-18-28-17-8-12-23(28)27(30)22-11-6-7-13-24(22)33-2/h6-8,11-13,17,21,27H,3-5,9-10,14-16,18-20H2,1-2H3. The molecule has 1 saturated carbocycles. The van der Waals surface area contributed by atoms with Crippen molar-refractivity contribution in [3.63, 3.8) is 0 Å². The van der Waals surface area contributed by atoms with Crippen molar-refractivity contribution in [1.82, 2.24) is 14.4 Å². The largest absolute Gasteiger partial charge is 0.496 e. The van der Waals surface area contributed by atoms with Crippen LogP contribution in [0.5, 0.6) is 5.75 Å². The molecule has 1 aromatic carbocycles. The van der Waals surface area contributed by atoms with Crippen molar-refractivity contribution in [3.05, 3.63) is 53.9 Å². The van der Waals surface area contributed by atoms with Crippen LogP contribution in [0.3, 0.4) is 0 Å². The Bertz CT molecular complexity index is 948. The summed E-state index contributed by atoms with van der Waals surface area (Å²) in [5.74, 6) is 1.57. The van der Waals surface area contributed by atoms with Crippen LogP contribution in [0.2, 0.25) is 0 Å². The number of carbonyl (C=O) groups is 2. The number of amides is 2. The van der Waals surface area contributed by atoms with Crippen LogP contribution in [0.15, 0.2) is 42.6 Å². The van der Waals surface area contributed by atoms with Gasteiger partial charge < -0.3 is 19.1 Å². The number of ether oxygens (including phenoxy) is 1. The summed E-state index contributed by atoms with van der Waals surface area (Å²) in [7, 11) is 1.67. The van der Waals surface area contributed by atoms with Crippen LogP contribution in [-0.2, 0) is 16.1 Å². The van der Waals surface area contributed by atoms with Gasteiger partial charge in [-0.15, -0.1) is 0 Å². The zero-order valence-corrected chi connectivity index (χ0v) is 20.0. The maximum atomic E-state index is 13.6. The molecular formula is C27H37N3O3. The maximum absolute atomic E-state index is 13.6. The molecule has 33 heavy (non-hydrogen) atoms. The van der Waals surface area contributed by atoms with Crippen molar-refractivity contribution < 1.29 is 14.3 Å². The summed E-state index contributed by atoms with van der Waals surface area (Å²) < 4.78 is 7.85. The normalized spacial score (nSPS) is 18.2. The van der Waals surface area contributed by atoms with Crippen LogP contribution in [0.25, 0.3) is 0 Å². The fourth-order valence-electron chi connectivity index (χ4n) is 5.47. The Morgan fingerprint density at radius 2 is 1.88 bits per heavy atom. The number of rotatable bonds is 9. The van der Waals surface area contributed by atoms with Gasteiger partial charge in [0.2, 0.25) is 11.8 Å². The van der Waals surface area contributed by atoms with Crippen molar-refractivity contribution in [3.8, 4) is 5.75 Å². The van der Waals surface area contributed by atoms with Gasteiger partial charge in [-0.05, 0) is 37.0 Å². The van der Waals surface area contributed by atoms with Gasteiger partial charge in [0, 0.05) is 43.5 Å². The molecule has 0 saturated heterocycles. The van der Waals surface area contributed by atoms with E-state index in [4.69, 9.17) is 4.74 Å². The minimum absolute atomic E-state index is 0.000947. The van der Waals surface area contributed by atoms with Crippen LogP contribution in [-0.4, -0.2) is 52.9 Å². The summed E-state index contributed by atoms with van der Waals surface area (Å²) in [5, 5.41) is 0. The average molecular weight is 452 g/mol. The van der Waals surface area contributed by atoms with Crippen LogP contribution >= 0.6 is 0 Å². The Labute approximate surface area is 197 Å². The van der Waals surface area contributed by atoms with E-state index < -0.39 is 0 Å².